The lowest BCUT2D eigenvalue weighted by atomic mass is 9.97. The summed E-state index contributed by atoms with van der Waals surface area (Å²) in [6.07, 6.45) is 0.932. The van der Waals surface area contributed by atoms with E-state index in [2.05, 4.69) is 22.8 Å². The van der Waals surface area contributed by atoms with Crippen molar-refractivity contribution in [3.8, 4) is 0 Å². The predicted octanol–water partition coefficient (Wildman–Crippen LogP) is 4.93. The zero-order valence-electron chi connectivity index (χ0n) is 16.0. The first-order valence-electron chi connectivity index (χ1n) is 9.54. The van der Waals surface area contributed by atoms with Crippen LogP contribution in [0.25, 0.3) is 10.1 Å². The first-order chi connectivity index (χ1) is 14.4. The third kappa shape index (κ3) is 4.36. The van der Waals surface area contributed by atoms with Crippen LogP contribution in [0.2, 0.25) is 10.0 Å². The number of halogens is 2. The topological polar surface area (TPSA) is 66.5 Å². The maximum atomic E-state index is 12.9. The number of amides is 1. The van der Waals surface area contributed by atoms with Gasteiger partial charge in [-0.05, 0) is 53.4 Å². The number of hydrogen-bond donors (Lipinski definition) is 1. The van der Waals surface area contributed by atoms with Crippen molar-refractivity contribution in [1.82, 2.24) is 9.62 Å². The fraction of sp³-hybridized carbons (Fsp3) is 0.286. The van der Waals surface area contributed by atoms with E-state index >= 15 is 0 Å². The summed E-state index contributed by atoms with van der Waals surface area (Å²) in [4.78, 5) is 12.6. The molecule has 0 unspecified atom stereocenters. The molecule has 1 fully saturated rings. The molecule has 0 spiro atoms. The zero-order chi connectivity index (χ0) is 21.3. The van der Waals surface area contributed by atoms with Crippen molar-refractivity contribution in [1.29, 1.82) is 0 Å². The standard InChI is InChI=1S/C21H20Cl2N2O3S2/c22-16-5-6-18(23)20(11-16)30(27,28)25-9-7-14(8-10-25)21(26)24-12-15-13-29-19-4-2-1-3-17(15)19/h1-6,11,13-14H,7-10,12H2,(H,24,26). The molecule has 1 N–H and O–H groups in total. The Hall–Kier alpha value is -1.64. The molecular weight excluding hydrogens is 463 g/mol. The molecule has 0 saturated carbocycles. The maximum absolute atomic E-state index is 12.9. The lowest BCUT2D eigenvalue weighted by Crippen LogP contribution is -2.42. The third-order valence-electron chi connectivity index (χ3n) is 5.35. The number of nitrogens with one attached hydrogen (secondary N) is 1. The third-order valence-corrected chi connectivity index (χ3v) is 8.98. The number of carbonyl (C=O) groups excluding carboxylic acids is 1. The first-order valence-corrected chi connectivity index (χ1v) is 12.6. The van der Waals surface area contributed by atoms with Crippen molar-refractivity contribution >= 4 is 60.6 Å². The molecule has 5 nitrogen and oxygen atoms in total. The Kier molecular flexibility index (Phi) is 6.36. The Bertz CT molecular complexity index is 1190. The maximum Gasteiger partial charge on any atom is 0.244 e. The summed E-state index contributed by atoms with van der Waals surface area (Å²) in [5.41, 5.74) is 1.10. The highest BCUT2D eigenvalue weighted by atomic mass is 35.5. The molecule has 158 valence electrons. The van der Waals surface area contributed by atoms with E-state index in [9.17, 15) is 13.2 Å². The van der Waals surface area contributed by atoms with Gasteiger partial charge in [0.1, 0.15) is 4.90 Å². The number of piperidine rings is 1. The number of carbonyl (C=O) groups is 1. The number of benzene rings is 2. The smallest absolute Gasteiger partial charge is 0.244 e. The molecule has 1 amide bonds. The fourth-order valence-corrected chi connectivity index (χ4v) is 6.84. The monoisotopic (exact) mass is 482 g/mol. The van der Waals surface area contributed by atoms with Gasteiger partial charge >= 0.3 is 0 Å². The van der Waals surface area contributed by atoms with Crippen LogP contribution < -0.4 is 5.32 Å². The Morgan fingerprint density at radius 2 is 1.87 bits per heavy atom. The van der Waals surface area contributed by atoms with Crippen LogP contribution in [-0.2, 0) is 21.4 Å². The lowest BCUT2D eigenvalue weighted by Gasteiger charge is -2.30. The van der Waals surface area contributed by atoms with Gasteiger partial charge in [-0.25, -0.2) is 8.42 Å². The van der Waals surface area contributed by atoms with E-state index in [0.29, 0.717) is 24.4 Å². The molecule has 0 atom stereocenters. The van der Waals surface area contributed by atoms with E-state index in [1.807, 2.05) is 12.1 Å². The van der Waals surface area contributed by atoms with Gasteiger partial charge in [0.2, 0.25) is 15.9 Å². The van der Waals surface area contributed by atoms with Crippen LogP contribution in [0.5, 0.6) is 0 Å². The number of sulfonamides is 1. The summed E-state index contributed by atoms with van der Waals surface area (Å²) in [7, 11) is -3.75. The van der Waals surface area contributed by atoms with E-state index in [1.54, 1.807) is 17.4 Å². The minimum atomic E-state index is -3.75. The quantitative estimate of drug-likeness (QED) is 0.560. The van der Waals surface area contributed by atoms with Crippen molar-refractivity contribution in [3.63, 3.8) is 0 Å². The van der Waals surface area contributed by atoms with Crippen molar-refractivity contribution in [2.24, 2.45) is 5.92 Å². The van der Waals surface area contributed by atoms with Crippen LogP contribution >= 0.6 is 34.5 Å². The van der Waals surface area contributed by atoms with Crippen LogP contribution in [0.1, 0.15) is 18.4 Å². The molecule has 0 aliphatic carbocycles. The largest absolute Gasteiger partial charge is 0.352 e. The lowest BCUT2D eigenvalue weighted by molar-refractivity contribution is -0.126. The molecule has 3 aromatic rings. The second-order valence-electron chi connectivity index (χ2n) is 7.23. The Morgan fingerprint density at radius 1 is 1.13 bits per heavy atom. The molecule has 0 radical (unpaired) electrons. The zero-order valence-corrected chi connectivity index (χ0v) is 19.1. The average Bonchev–Trinajstić information content (AvgIpc) is 3.17. The minimum absolute atomic E-state index is 0.00361. The van der Waals surface area contributed by atoms with E-state index in [1.165, 1.54) is 21.1 Å². The van der Waals surface area contributed by atoms with Crippen LogP contribution in [0.4, 0.5) is 0 Å². The molecule has 1 aliphatic rings. The molecule has 1 aromatic heterocycles. The van der Waals surface area contributed by atoms with Gasteiger partial charge in [-0.2, -0.15) is 4.31 Å². The van der Waals surface area contributed by atoms with Gasteiger partial charge < -0.3 is 5.32 Å². The number of fused-ring (bicyclic) bond motifs is 1. The molecule has 0 bridgehead atoms. The van der Waals surface area contributed by atoms with E-state index in [4.69, 9.17) is 23.2 Å². The van der Waals surface area contributed by atoms with Gasteiger partial charge in [-0.15, -0.1) is 11.3 Å². The van der Waals surface area contributed by atoms with Crippen molar-refractivity contribution < 1.29 is 13.2 Å². The summed E-state index contributed by atoms with van der Waals surface area (Å²) in [6.45, 7) is 1.01. The molecule has 2 heterocycles. The van der Waals surface area contributed by atoms with Crippen LogP contribution in [0.3, 0.4) is 0 Å². The van der Waals surface area contributed by atoms with Gasteiger partial charge in [0.15, 0.2) is 0 Å². The first kappa shape index (κ1) is 21.6. The van der Waals surface area contributed by atoms with Crippen molar-refractivity contribution in [2.45, 2.75) is 24.3 Å². The molecule has 1 saturated heterocycles. The second-order valence-corrected chi connectivity index (χ2v) is 10.9. The average molecular weight is 483 g/mol. The van der Waals surface area contributed by atoms with E-state index < -0.39 is 10.0 Å². The molecule has 2 aromatic carbocycles. The van der Waals surface area contributed by atoms with Gasteiger partial charge in [0.25, 0.3) is 0 Å². The van der Waals surface area contributed by atoms with Gasteiger partial charge in [0, 0.05) is 35.3 Å². The van der Waals surface area contributed by atoms with Crippen LogP contribution in [0.15, 0.2) is 52.7 Å². The summed E-state index contributed by atoms with van der Waals surface area (Å²) >= 11 is 13.7. The molecule has 4 rings (SSSR count). The molecule has 9 heteroatoms. The highest BCUT2D eigenvalue weighted by Crippen LogP contribution is 2.30. The SMILES string of the molecule is O=C(NCc1csc2ccccc12)C1CCN(S(=O)(=O)c2cc(Cl)ccc2Cl)CC1. The summed E-state index contributed by atoms with van der Waals surface area (Å²) in [6, 6.07) is 12.5. The Balaban J connectivity index is 1.37. The van der Waals surface area contributed by atoms with Crippen LogP contribution in [-0.4, -0.2) is 31.7 Å². The Labute approximate surface area is 189 Å². The molecule has 1 aliphatic heterocycles. The molecular formula is C21H20Cl2N2O3S2. The van der Waals surface area contributed by atoms with Crippen molar-refractivity contribution in [2.75, 3.05) is 13.1 Å². The van der Waals surface area contributed by atoms with Gasteiger partial charge in [-0.1, -0.05) is 41.4 Å². The predicted molar refractivity (Wildman–Crippen MR) is 122 cm³/mol. The number of hydrogen-bond acceptors (Lipinski definition) is 4. The Morgan fingerprint density at radius 3 is 2.63 bits per heavy atom. The molecule has 30 heavy (non-hydrogen) atoms. The highest BCUT2D eigenvalue weighted by Gasteiger charge is 2.33. The highest BCUT2D eigenvalue weighted by molar-refractivity contribution is 7.89. The summed E-state index contributed by atoms with van der Waals surface area (Å²) in [5, 5.41) is 6.68. The van der Waals surface area contributed by atoms with E-state index in [0.717, 1.165) is 10.9 Å². The van der Waals surface area contributed by atoms with Gasteiger partial charge in [-0.3, -0.25) is 4.79 Å². The normalized spacial score (nSPS) is 16.1. The van der Waals surface area contributed by atoms with E-state index in [-0.39, 0.29) is 34.8 Å². The summed E-state index contributed by atoms with van der Waals surface area (Å²) in [5.74, 6) is -0.251. The second kappa shape index (κ2) is 8.85. The fourth-order valence-electron chi connectivity index (χ4n) is 3.67. The number of thiophene rings is 1. The minimum Gasteiger partial charge on any atom is -0.352 e. The van der Waals surface area contributed by atoms with Gasteiger partial charge in [0.05, 0.1) is 5.02 Å². The number of nitrogens with zero attached hydrogens (tertiary/aromatic N) is 1. The number of rotatable bonds is 5. The summed E-state index contributed by atoms with van der Waals surface area (Å²) < 4.78 is 28.4. The van der Waals surface area contributed by atoms with Crippen molar-refractivity contribution in [3.05, 3.63) is 63.5 Å². The van der Waals surface area contributed by atoms with Crippen LogP contribution in [0, 0.1) is 5.92 Å².